The van der Waals surface area contributed by atoms with E-state index in [-0.39, 0.29) is 0 Å². The second kappa shape index (κ2) is 9.76. The van der Waals surface area contributed by atoms with E-state index < -0.39 is 19.5 Å². The maximum absolute atomic E-state index is 10.8. The Morgan fingerprint density at radius 3 is 2.48 bits per heavy atom. The van der Waals surface area contributed by atoms with Gasteiger partial charge in [0, 0.05) is 7.05 Å². The number of hydrogen-bond donors (Lipinski definition) is 3. The van der Waals surface area contributed by atoms with E-state index in [1.807, 2.05) is 19.1 Å². The lowest BCUT2D eigenvalue weighted by Gasteiger charge is -2.07. The molecule has 1 aromatic carbocycles. The predicted octanol–water partition coefficient (Wildman–Crippen LogP) is 2.78. The number of benzene rings is 1. The Balaban J connectivity index is 0.000000400. The van der Waals surface area contributed by atoms with E-state index in [0.717, 1.165) is 5.56 Å². The smallest absolute Gasteiger partial charge is 0.410 e. The number of hydrogen-bond acceptors (Lipinski definition) is 4. The van der Waals surface area contributed by atoms with E-state index in [0.29, 0.717) is 12.2 Å². The Bertz CT molecular complexity index is 492. The van der Waals surface area contributed by atoms with Crippen LogP contribution in [0.3, 0.4) is 0 Å². The summed E-state index contributed by atoms with van der Waals surface area (Å²) in [4.78, 5) is 27.0. The van der Waals surface area contributed by atoms with Crippen molar-refractivity contribution in [1.82, 2.24) is 5.32 Å². The molecule has 0 fully saturated rings. The quantitative estimate of drug-likeness (QED) is 0.575. The highest BCUT2D eigenvalue weighted by atomic mass is 35.5. The number of amides is 1. The lowest BCUT2D eigenvalue weighted by molar-refractivity contribution is 0.176. The minimum Gasteiger partial charge on any atom is -0.410 e. The zero-order chi connectivity index (χ0) is 16.5. The molecule has 3 N–H and O–H groups in total. The molecule has 1 unspecified atom stereocenters. The molecule has 120 valence electrons. The summed E-state index contributed by atoms with van der Waals surface area (Å²) in [6, 6.07) is 7.32. The average molecular weight is 340 g/mol. The number of carbonyl (C=O) groups excluding carboxylic acids is 1. The SMILES string of the molecule is CCC(Cl)OP(=O)(O)O.CNC(=O)Oc1cccc(C)c1. The lowest BCUT2D eigenvalue weighted by atomic mass is 10.2. The maximum atomic E-state index is 10.8. The van der Waals surface area contributed by atoms with Crippen molar-refractivity contribution in [3.05, 3.63) is 29.8 Å². The lowest BCUT2D eigenvalue weighted by Crippen LogP contribution is -2.21. The molecular weight excluding hydrogens is 321 g/mol. The number of nitrogens with one attached hydrogen (secondary N) is 1. The Labute approximate surface area is 128 Å². The summed E-state index contributed by atoms with van der Waals surface area (Å²) in [5.41, 5.74) is 0.169. The van der Waals surface area contributed by atoms with E-state index in [1.165, 1.54) is 7.05 Å². The van der Waals surface area contributed by atoms with Gasteiger partial charge in [-0.15, -0.1) is 0 Å². The van der Waals surface area contributed by atoms with Crippen LogP contribution in [0.4, 0.5) is 4.79 Å². The molecule has 9 heteroatoms. The first-order valence-electron chi connectivity index (χ1n) is 6.02. The largest absolute Gasteiger partial charge is 0.471 e. The first-order valence-corrected chi connectivity index (χ1v) is 7.98. The molecule has 0 bridgehead atoms. The Morgan fingerprint density at radius 2 is 2.10 bits per heavy atom. The maximum Gasteiger partial charge on any atom is 0.471 e. The van der Waals surface area contributed by atoms with Gasteiger partial charge in [0.25, 0.3) is 0 Å². The van der Waals surface area contributed by atoms with E-state index in [2.05, 4.69) is 9.84 Å². The molecule has 0 aliphatic heterocycles. The van der Waals surface area contributed by atoms with Crippen LogP contribution in [-0.2, 0) is 9.09 Å². The molecule has 0 aliphatic carbocycles. The standard InChI is InChI=1S/C9H11NO2.C3H8ClO4P/c1-7-4-3-5-8(6-7)12-9(11)10-2;1-2-3(4)8-9(5,6)7/h3-6H,1-2H3,(H,10,11);3H,2H2,1H3,(H2,5,6,7). The third-order valence-electron chi connectivity index (χ3n) is 1.98. The van der Waals surface area contributed by atoms with Gasteiger partial charge in [-0.3, -0.25) is 4.52 Å². The minimum absolute atomic E-state index is 0.368. The number of carbonyl (C=O) groups is 1. The molecule has 7 nitrogen and oxygen atoms in total. The fraction of sp³-hybridized carbons (Fsp3) is 0.417. The number of phosphoric acid groups is 1. The molecule has 0 radical (unpaired) electrons. The number of aryl methyl sites for hydroxylation is 1. The Morgan fingerprint density at radius 1 is 1.48 bits per heavy atom. The van der Waals surface area contributed by atoms with Crippen LogP contribution >= 0.6 is 19.4 Å². The van der Waals surface area contributed by atoms with Gasteiger partial charge in [-0.05, 0) is 31.0 Å². The van der Waals surface area contributed by atoms with Gasteiger partial charge in [-0.1, -0.05) is 30.7 Å². The van der Waals surface area contributed by atoms with Crippen LogP contribution in [0.5, 0.6) is 5.75 Å². The average Bonchev–Trinajstić information content (AvgIpc) is 2.37. The molecule has 1 aromatic rings. The summed E-state index contributed by atoms with van der Waals surface area (Å²) in [5.74, 6) is 0.564. The highest BCUT2D eigenvalue weighted by Gasteiger charge is 2.18. The van der Waals surface area contributed by atoms with Gasteiger partial charge in [0.05, 0.1) is 0 Å². The fourth-order valence-electron chi connectivity index (χ4n) is 1.06. The van der Waals surface area contributed by atoms with Crippen molar-refractivity contribution in [2.45, 2.75) is 25.8 Å². The molecule has 0 heterocycles. The van der Waals surface area contributed by atoms with Crippen molar-refractivity contribution in [2.24, 2.45) is 0 Å². The second-order valence-corrected chi connectivity index (χ2v) is 5.55. The summed E-state index contributed by atoms with van der Waals surface area (Å²) >= 11 is 5.24. The van der Waals surface area contributed by atoms with E-state index in [9.17, 15) is 9.36 Å². The number of halogens is 1. The molecule has 1 atom stereocenters. The third-order valence-corrected chi connectivity index (χ3v) is 3.03. The van der Waals surface area contributed by atoms with Crippen LogP contribution in [0.25, 0.3) is 0 Å². The van der Waals surface area contributed by atoms with Gasteiger partial charge in [0.15, 0.2) is 0 Å². The van der Waals surface area contributed by atoms with Gasteiger partial charge < -0.3 is 19.8 Å². The zero-order valence-corrected chi connectivity index (χ0v) is 13.6. The van der Waals surface area contributed by atoms with Crippen LogP contribution in [-0.4, -0.2) is 28.5 Å². The summed E-state index contributed by atoms with van der Waals surface area (Å²) in [7, 11) is -2.84. The summed E-state index contributed by atoms with van der Waals surface area (Å²) in [6.45, 7) is 3.60. The van der Waals surface area contributed by atoms with Gasteiger partial charge in [-0.25, -0.2) is 9.36 Å². The number of rotatable bonds is 4. The number of phosphoric ester groups is 1. The topological polar surface area (TPSA) is 105 Å². The van der Waals surface area contributed by atoms with E-state index >= 15 is 0 Å². The molecule has 0 saturated carbocycles. The Hall–Kier alpha value is -1.11. The van der Waals surface area contributed by atoms with E-state index in [1.54, 1.807) is 19.1 Å². The zero-order valence-electron chi connectivity index (χ0n) is 11.9. The van der Waals surface area contributed by atoms with Gasteiger partial charge in [0.1, 0.15) is 11.3 Å². The molecule has 1 rings (SSSR count). The molecule has 0 saturated heterocycles. The summed E-state index contributed by atoms with van der Waals surface area (Å²) in [5, 5.41) is 2.37. The summed E-state index contributed by atoms with van der Waals surface area (Å²) in [6.07, 6.45) is -0.0762. The molecule has 0 spiro atoms. The van der Waals surface area contributed by atoms with E-state index in [4.69, 9.17) is 26.1 Å². The van der Waals surface area contributed by atoms with Crippen LogP contribution in [0.2, 0.25) is 0 Å². The fourth-order valence-corrected chi connectivity index (χ4v) is 1.82. The van der Waals surface area contributed by atoms with Crippen molar-refractivity contribution in [2.75, 3.05) is 7.05 Å². The molecule has 0 aliphatic rings. The predicted molar refractivity (Wildman–Crippen MR) is 79.3 cm³/mol. The summed E-state index contributed by atoms with van der Waals surface area (Å²) < 4.78 is 18.9. The normalized spacial score (nSPS) is 11.9. The molecule has 0 aromatic heterocycles. The monoisotopic (exact) mass is 339 g/mol. The first kappa shape index (κ1) is 19.9. The van der Waals surface area contributed by atoms with Crippen molar-refractivity contribution in [3.8, 4) is 5.75 Å². The van der Waals surface area contributed by atoms with Crippen molar-refractivity contribution in [3.63, 3.8) is 0 Å². The molecule has 1 amide bonds. The van der Waals surface area contributed by atoms with Crippen molar-refractivity contribution in [1.29, 1.82) is 0 Å². The second-order valence-electron chi connectivity index (χ2n) is 3.87. The van der Waals surface area contributed by atoms with Crippen molar-refractivity contribution < 1.29 is 28.4 Å². The number of alkyl halides is 1. The highest BCUT2D eigenvalue weighted by molar-refractivity contribution is 7.46. The highest BCUT2D eigenvalue weighted by Crippen LogP contribution is 2.38. The first-order chi connectivity index (χ1) is 9.67. The van der Waals surface area contributed by atoms with Gasteiger partial charge in [0.2, 0.25) is 0 Å². The van der Waals surface area contributed by atoms with Gasteiger partial charge in [-0.2, -0.15) is 0 Å². The molecule has 21 heavy (non-hydrogen) atoms. The van der Waals surface area contributed by atoms with Crippen LogP contribution in [0, 0.1) is 6.92 Å². The number of ether oxygens (including phenoxy) is 1. The Kier molecular flexibility index (Phi) is 9.24. The van der Waals surface area contributed by atoms with Crippen LogP contribution in [0.1, 0.15) is 18.9 Å². The van der Waals surface area contributed by atoms with Crippen molar-refractivity contribution >= 4 is 25.5 Å². The minimum atomic E-state index is -4.37. The third kappa shape index (κ3) is 11.2. The molecular formula is C12H19ClNO6P. The van der Waals surface area contributed by atoms with Crippen LogP contribution < -0.4 is 10.1 Å². The van der Waals surface area contributed by atoms with Crippen LogP contribution in [0.15, 0.2) is 24.3 Å². The van der Waals surface area contributed by atoms with Gasteiger partial charge >= 0.3 is 13.9 Å².